The molecule has 0 saturated carbocycles. The fourth-order valence-electron chi connectivity index (χ4n) is 2.20. The van der Waals surface area contributed by atoms with Crippen LogP contribution < -0.4 is 0 Å². The van der Waals surface area contributed by atoms with Gasteiger partial charge < -0.3 is 9.67 Å². The second-order valence-corrected chi connectivity index (χ2v) is 4.35. The number of aliphatic carboxylic acids is 1. The van der Waals surface area contributed by atoms with E-state index >= 15 is 0 Å². The summed E-state index contributed by atoms with van der Waals surface area (Å²) < 4.78 is 3.56. The summed E-state index contributed by atoms with van der Waals surface area (Å²) in [5.74, 6) is -0.216. The van der Waals surface area contributed by atoms with Crippen molar-refractivity contribution >= 4 is 22.8 Å². The van der Waals surface area contributed by atoms with Gasteiger partial charge in [-0.05, 0) is 18.2 Å². The van der Waals surface area contributed by atoms with E-state index in [1.165, 1.54) is 0 Å². The van der Waals surface area contributed by atoms with Crippen LogP contribution in [-0.4, -0.2) is 25.0 Å². The van der Waals surface area contributed by atoms with Crippen LogP contribution in [0.2, 0.25) is 0 Å². The Balaban J connectivity index is 2.30. The largest absolute Gasteiger partial charge is 0.481 e. The molecule has 1 aromatic carbocycles. The molecular weight excluding hydrogens is 244 g/mol. The number of rotatable bonds is 2. The van der Waals surface area contributed by atoms with Crippen molar-refractivity contribution in [2.45, 2.75) is 6.42 Å². The standard InChI is InChI=1S/C13H10N4O2/c1-16-9(5-12(18)19)7-17-11-4-8(6-14)2-3-10(11)15-13(16)17/h2-4,7H,5H2,1H3,(H,18,19). The van der Waals surface area contributed by atoms with Crippen molar-refractivity contribution < 1.29 is 9.90 Å². The molecule has 0 radical (unpaired) electrons. The van der Waals surface area contributed by atoms with Crippen molar-refractivity contribution in [3.05, 3.63) is 35.7 Å². The van der Waals surface area contributed by atoms with Gasteiger partial charge in [0.15, 0.2) is 0 Å². The van der Waals surface area contributed by atoms with E-state index in [1.807, 2.05) is 4.40 Å². The molecule has 19 heavy (non-hydrogen) atoms. The Morgan fingerprint density at radius 1 is 1.53 bits per heavy atom. The molecule has 0 bridgehead atoms. The number of nitriles is 1. The number of benzene rings is 1. The number of fused-ring (bicyclic) bond motifs is 3. The van der Waals surface area contributed by atoms with Crippen LogP contribution in [0.3, 0.4) is 0 Å². The van der Waals surface area contributed by atoms with Gasteiger partial charge in [-0.3, -0.25) is 9.20 Å². The Morgan fingerprint density at radius 3 is 3.00 bits per heavy atom. The van der Waals surface area contributed by atoms with E-state index < -0.39 is 5.97 Å². The SMILES string of the molecule is Cn1c(CC(=O)O)cn2c3cc(C#N)ccc3nc12. The normalized spacial score (nSPS) is 10.9. The van der Waals surface area contributed by atoms with Gasteiger partial charge in [0.25, 0.3) is 0 Å². The quantitative estimate of drug-likeness (QED) is 0.747. The summed E-state index contributed by atoms with van der Waals surface area (Å²) in [5.41, 5.74) is 2.81. The monoisotopic (exact) mass is 254 g/mol. The van der Waals surface area contributed by atoms with E-state index in [4.69, 9.17) is 10.4 Å². The Bertz CT molecular complexity index is 851. The second-order valence-electron chi connectivity index (χ2n) is 4.35. The van der Waals surface area contributed by atoms with E-state index in [-0.39, 0.29) is 6.42 Å². The summed E-state index contributed by atoms with van der Waals surface area (Å²) in [4.78, 5) is 15.2. The molecule has 94 valence electrons. The first-order valence-corrected chi connectivity index (χ1v) is 5.68. The molecule has 0 spiro atoms. The molecule has 0 aliphatic heterocycles. The first-order chi connectivity index (χ1) is 9.10. The summed E-state index contributed by atoms with van der Waals surface area (Å²) in [5, 5.41) is 17.8. The lowest BCUT2D eigenvalue weighted by molar-refractivity contribution is -0.136. The van der Waals surface area contributed by atoms with Gasteiger partial charge in [0.1, 0.15) is 0 Å². The number of hydrogen-bond donors (Lipinski definition) is 1. The maximum Gasteiger partial charge on any atom is 0.309 e. The summed E-state index contributed by atoms with van der Waals surface area (Å²) in [6, 6.07) is 7.34. The third-order valence-corrected chi connectivity index (χ3v) is 3.14. The lowest BCUT2D eigenvalue weighted by Gasteiger charge is -1.97. The van der Waals surface area contributed by atoms with Gasteiger partial charge in [0, 0.05) is 18.9 Å². The first kappa shape index (κ1) is 11.3. The van der Waals surface area contributed by atoms with E-state index in [9.17, 15) is 4.79 Å². The molecule has 0 unspecified atom stereocenters. The minimum Gasteiger partial charge on any atom is -0.481 e. The molecule has 3 aromatic rings. The highest BCUT2D eigenvalue weighted by Crippen LogP contribution is 2.20. The summed E-state index contributed by atoms with van der Waals surface area (Å²) in [7, 11) is 1.78. The van der Waals surface area contributed by atoms with Crippen LogP contribution in [0.1, 0.15) is 11.3 Å². The van der Waals surface area contributed by atoms with Crippen molar-refractivity contribution in [3.63, 3.8) is 0 Å². The maximum atomic E-state index is 10.8. The van der Waals surface area contributed by atoms with Crippen LogP contribution in [-0.2, 0) is 18.3 Å². The van der Waals surface area contributed by atoms with Crippen molar-refractivity contribution in [1.29, 1.82) is 5.26 Å². The highest BCUT2D eigenvalue weighted by atomic mass is 16.4. The molecule has 3 rings (SSSR count). The molecule has 2 aromatic heterocycles. The van der Waals surface area contributed by atoms with E-state index in [0.29, 0.717) is 17.0 Å². The number of carbonyl (C=O) groups is 1. The maximum absolute atomic E-state index is 10.8. The van der Waals surface area contributed by atoms with E-state index in [0.717, 1.165) is 11.0 Å². The molecule has 0 aliphatic carbocycles. The lowest BCUT2D eigenvalue weighted by atomic mass is 10.2. The average molecular weight is 254 g/mol. The van der Waals surface area contributed by atoms with Gasteiger partial charge >= 0.3 is 5.97 Å². The Kier molecular flexibility index (Phi) is 2.29. The molecule has 0 saturated heterocycles. The van der Waals surface area contributed by atoms with Crippen molar-refractivity contribution in [2.75, 3.05) is 0 Å². The average Bonchev–Trinajstić information content (AvgIpc) is 2.87. The van der Waals surface area contributed by atoms with Crippen LogP contribution in [0.25, 0.3) is 16.8 Å². The predicted molar refractivity (Wildman–Crippen MR) is 67.7 cm³/mol. The van der Waals surface area contributed by atoms with Crippen LogP contribution in [0.15, 0.2) is 24.4 Å². The first-order valence-electron chi connectivity index (χ1n) is 5.68. The zero-order chi connectivity index (χ0) is 13.6. The minimum atomic E-state index is -0.883. The zero-order valence-corrected chi connectivity index (χ0v) is 10.2. The van der Waals surface area contributed by atoms with Crippen LogP contribution in [0.5, 0.6) is 0 Å². The van der Waals surface area contributed by atoms with Crippen molar-refractivity contribution in [2.24, 2.45) is 7.05 Å². The number of carboxylic acid groups (broad SMARTS) is 1. The van der Waals surface area contributed by atoms with Gasteiger partial charge in [-0.25, -0.2) is 4.98 Å². The molecule has 6 heteroatoms. The number of hydrogen-bond acceptors (Lipinski definition) is 3. The third-order valence-electron chi connectivity index (χ3n) is 3.14. The highest BCUT2D eigenvalue weighted by molar-refractivity contribution is 5.81. The molecule has 2 heterocycles. The van der Waals surface area contributed by atoms with Crippen LogP contribution >= 0.6 is 0 Å². The van der Waals surface area contributed by atoms with E-state index in [1.54, 1.807) is 36.0 Å². The van der Waals surface area contributed by atoms with Gasteiger partial charge in [0.05, 0.1) is 29.1 Å². The molecule has 1 N–H and O–H groups in total. The molecule has 0 amide bonds. The van der Waals surface area contributed by atoms with Gasteiger partial charge in [0.2, 0.25) is 5.78 Å². The smallest absolute Gasteiger partial charge is 0.309 e. The van der Waals surface area contributed by atoms with Crippen LogP contribution in [0, 0.1) is 11.3 Å². The summed E-state index contributed by atoms with van der Waals surface area (Å²) in [6.07, 6.45) is 1.69. The Hall–Kier alpha value is -2.81. The topological polar surface area (TPSA) is 83.3 Å². The minimum absolute atomic E-state index is 0.0563. The number of imidazole rings is 2. The third kappa shape index (κ3) is 1.64. The Labute approximate surface area is 108 Å². The summed E-state index contributed by atoms with van der Waals surface area (Å²) >= 11 is 0. The number of nitrogens with zero attached hydrogens (tertiary/aromatic N) is 4. The fourth-order valence-corrected chi connectivity index (χ4v) is 2.20. The molecule has 0 atom stereocenters. The highest BCUT2D eigenvalue weighted by Gasteiger charge is 2.13. The van der Waals surface area contributed by atoms with Gasteiger partial charge in [-0.1, -0.05) is 0 Å². The number of aromatic nitrogens is 3. The lowest BCUT2D eigenvalue weighted by Crippen LogP contribution is -2.05. The fraction of sp³-hybridized carbons (Fsp3) is 0.154. The zero-order valence-electron chi connectivity index (χ0n) is 10.2. The number of aryl methyl sites for hydroxylation is 1. The van der Waals surface area contributed by atoms with Crippen molar-refractivity contribution in [3.8, 4) is 6.07 Å². The predicted octanol–water partition coefficient (Wildman–Crippen LogP) is 1.32. The second kappa shape index (κ2) is 3.85. The van der Waals surface area contributed by atoms with E-state index in [2.05, 4.69) is 11.1 Å². The molecule has 6 nitrogen and oxygen atoms in total. The molecule has 0 fully saturated rings. The van der Waals surface area contributed by atoms with Crippen LogP contribution in [0.4, 0.5) is 0 Å². The van der Waals surface area contributed by atoms with Gasteiger partial charge in [-0.15, -0.1) is 0 Å². The summed E-state index contributed by atoms with van der Waals surface area (Å²) in [6.45, 7) is 0. The van der Waals surface area contributed by atoms with Gasteiger partial charge in [-0.2, -0.15) is 5.26 Å². The Morgan fingerprint density at radius 2 is 2.32 bits per heavy atom. The molecular formula is C13H10N4O2. The number of carboxylic acids is 1. The molecule has 0 aliphatic rings. The van der Waals surface area contributed by atoms with Crippen molar-refractivity contribution in [1.82, 2.24) is 14.0 Å².